The number of hydrogen-bond donors (Lipinski definition) is 1. The molecule has 2 rings (SSSR count). The second-order valence-corrected chi connectivity index (χ2v) is 8.59. The Morgan fingerprint density at radius 2 is 1.95 bits per heavy atom. The van der Waals surface area contributed by atoms with Crippen molar-refractivity contribution in [3.8, 4) is 0 Å². The number of rotatable bonds is 4. The maximum absolute atomic E-state index is 13.6. The van der Waals surface area contributed by atoms with Gasteiger partial charge in [-0.3, -0.25) is 4.79 Å². The first-order valence-electron chi connectivity index (χ1n) is 6.28. The van der Waals surface area contributed by atoms with Crippen molar-refractivity contribution in [1.29, 1.82) is 0 Å². The van der Waals surface area contributed by atoms with Gasteiger partial charge in [0.25, 0.3) is 15.0 Å². The Labute approximate surface area is 132 Å². The number of benzene rings is 1. The maximum atomic E-state index is 13.6. The van der Waals surface area contributed by atoms with Crippen LogP contribution in [0.1, 0.15) is 37.0 Å². The molecule has 116 valence electrons. The van der Waals surface area contributed by atoms with Crippen LogP contribution in [0.4, 0.5) is 4.39 Å². The Hall–Kier alpha value is -0.850. The van der Waals surface area contributed by atoms with Crippen LogP contribution >= 0.6 is 22.3 Å². The van der Waals surface area contributed by atoms with Gasteiger partial charge >= 0.3 is 0 Å². The van der Waals surface area contributed by atoms with Crippen molar-refractivity contribution in [2.75, 3.05) is 0 Å². The molecular formula is C13H14Cl2FNO3S. The first kappa shape index (κ1) is 16.5. The van der Waals surface area contributed by atoms with Crippen LogP contribution in [-0.4, -0.2) is 19.9 Å². The second kappa shape index (κ2) is 5.41. The zero-order valence-corrected chi connectivity index (χ0v) is 13.7. The predicted octanol–water partition coefficient (Wildman–Crippen LogP) is 3.33. The molecule has 1 aliphatic carbocycles. The number of hydrogen-bond acceptors (Lipinski definition) is 3. The Morgan fingerprint density at radius 3 is 2.43 bits per heavy atom. The highest BCUT2D eigenvalue weighted by Crippen LogP contribution is 2.39. The Bertz CT molecular complexity index is 700. The molecule has 0 radical (unpaired) electrons. The maximum Gasteiger partial charge on any atom is 0.264 e. The molecule has 0 unspecified atom stereocenters. The van der Waals surface area contributed by atoms with Crippen LogP contribution < -0.4 is 5.32 Å². The third kappa shape index (κ3) is 3.67. The summed E-state index contributed by atoms with van der Waals surface area (Å²) < 4.78 is 36.2. The second-order valence-electron chi connectivity index (χ2n) is 5.65. The molecule has 1 N–H and O–H groups in total. The standard InChI is InChI=1S/C13H14Cl2FNO3S/c1-13(2,7-3-4-7)17-12(18)8-5-11(21(15,19)20)10(16)6-9(8)14/h5-7H,3-4H2,1-2H3,(H,17,18). The smallest absolute Gasteiger partial charge is 0.264 e. The number of amides is 1. The summed E-state index contributed by atoms with van der Waals surface area (Å²) >= 11 is 5.83. The highest BCUT2D eigenvalue weighted by Gasteiger charge is 2.39. The van der Waals surface area contributed by atoms with Gasteiger partial charge in [-0.25, -0.2) is 12.8 Å². The fourth-order valence-corrected chi connectivity index (χ4v) is 3.30. The first-order valence-corrected chi connectivity index (χ1v) is 8.97. The molecule has 1 aromatic carbocycles. The molecule has 0 aromatic heterocycles. The zero-order valence-electron chi connectivity index (χ0n) is 11.4. The summed E-state index contributed by atoms with van der Waals surface area (Å²) in [7, 11) is 0.848. The van der Waals surface area contributed by atoms with E-state index >= 15 is 0 Å². The van der Waals surface area contributed by atoms with Gasteiger partial charge in [0.2, 0.25) is 0 Å². The summed E-state index contributed by atoms with van der Waals surface area (Å²) in [5.41, 5.74) is -0.555. The van der Waals surface area contributed by atoms with Crippen LogP contribution in [0.25, 0.3) is 0 Å². The SMILES string of the molecule is CC(C)(NC(=O)c1cc(S(=O)(=O)Cl)c(F)cc1Cl)C1CC1. The van der Waals surface area contributed by atoms with Crippen molar-refractivity contribution in [1.82, 2.24) is 5.32 Å². The Morgan fingerprint density at radius 1 is 1.38 bits per heavy atom. The van der Waals surface area contributed by atoms with E-state index in [4.69, 9.17) is 22.3 Å². The molecule has 0 saturated heterocycles. The van der Waals surface area contributed by atoms with Crippen molar-refractivity contribution in [2.24, 2.45) is 5.92 Å². The van der Waals surface area contributed by atoms with Crippen molar-refractivity contribution in [3.05, 3.63) is 28.5 Å². The minimum atomic E-state index is -4.30. The Kier molecular flexibility index (Phi) is 4.26. The molecule has 4 nitrogen and oxygen atoms in total. The van der Waals surface area contributed by atoms with E-state index in [0.29, 0.717) is 5.92 Å². The van der Waals surface area contributed by atoms with Crippen LogP contribution in [0.2, 0.25) is 5.02 Å². The third-order valence-electron chi connectivity index (χ3n) is 3.56. The molecule has 0 heterocycles. The van der Waals surface area contributed by atoms with E-state index in [1.807, 2.05) is 13.8 Å². The molecule has 0 atom stereocenters. The fourth-order valence-electron chi connectivity index (χ4n) is 2.16. The van der Waals surface area contributed by atoms with E-state index in [-0.39, 0.29) is 10.6 Å². The summed E-state index contributed by atoms with van der Waals surface area (Å²) in [4.78, 5) is 11.5. The quantitative estimate of drug-likeness (QED) is 0.844. The van der Waals surface area contributed by atoms with Crippen LogP contribution in [0.5, 0.6) is 0 Å². The minimum absolute atomic E-state index is 0.119. The van der Waals surface area contributed by atoms with E-state index in [2.05, 4.69) is 5.32 Å². The normalized spacial score (nSPS) is 15.9. The average molecular weight is 354 g/mol. The zero-order chi connectivity index (χ0) is 16.0. The monoisotopic (exact) mass is 353 g/mol. The van der Waals surface area contributed by atoms with Gasteiger partial charge in [-0.05, 0) is 44.7 Å². The molecule has 1 fully saturated rings. The van der Waals surface area contributed by atoms with E-state index in [0.717, 1.165) is 25.0 Å². The number of carbonyl (C=O) groups excluding carboxylic acids is 1. The van der Waals surface area contributed by atoms with Gasteiger partial charge in [-0.1, -0.05) is 11.6 Å². The average Bonchev–Trinajstić information content (AvgIpc) is 3.09. The first-order chi connectivity index (χ1) is 9.52. The number of carbonyl (C=O) groups is 1. The van der Waals surface area contributed by atoms with Crippen LogP contribution in [0.15, 0.2) is 17.0 Å². The molecule has 8 heteroatoms. The summed E-state index contributed by atoms with van der Waals surface area (Å²) in [6, 6.07) is 1.63. The largest absolute Gasteiger partial charge is 0.347 e. The minimum Gasteiger partial charge on any atom is -0.347 e. The van der Waals surface area contributed by atoms with E-state index < -0.39 is 31.2 Å². The van der Waals surface area contributed by atoms with Gasteiger partial charge in [0, 0.05) is 16.2 Å². The Balaban J connectivity index is 2.37. The van der Waals surface area contributed by atoms with Gasteiger partial charge in [-0.15, -0.1) is 0 Å². The van der Waals surface area contributed by atoms with E-state index in [1.54, 1.807) is 0 Å². The molecular weight excluding hydrogens is 340 g/mol. The molecule has 1 aromatic rings. The lowest BCUT2D eigenvalue weighted by Gasteiger charge is -2.26. The molecule has 0 bridgehead atoms. The molecule has 21 heavy (non-hydrogen) atoms. The van der Waals surface area contributed by atoms with Crippen LogP contribution in [0.3, 0.4) is 0 Å². The summed E-state index contributed by atoms with van der Waals surface area (Å²) in [5, 5.41) is 2.62. The molecule has 1 amide bonds. The molecule has 0 aliphatic heterocycles. The molecule has 1 saturated carbocycles. The predicted molar refractivity (Wildman–Crippen MR) is 78.7 cm³/mol. The lowest BCUT2D eigenvalue weighted by Crippen LogP contribution is -2.45. The third-order valence-corrected chi connectivity index (χ3v) is 5.21. The highest BCUT2D eigenvalue weighted by atomic mass is 35.7. The lowest BCUT2D eigenvalue weighted by molar-refractivity contribution is 0.0903. The molecule has 0 spiro atoms. The van der Waals surface area contributed by atoms with Crippen molar-refractivity contribution in [3.63, 3.8) is 0 Å². The van der Waals surface area contributed by atoms with Crippen LogP contribution in [-0.2, 0) is 9.05 Å². The van der Waals surface area contributed by atoms with E-state index in [1.165, 1.54) is 0 Å². The van der Waals surface area contributed by atoms with E-state index in [9.17, 15) is 17.6 Å². The van der Waals surface area contributed by atoms with Gasteiger partial charge in [0.05, 0.1) is 10.6 Å². The van der Waals surface area contributed by atoms with Crippen molar-refractivity contribution in [2.45, 2.75) is 37.1 Å². The summed E-state index contributed by atoms with van der Waals surface area (Å²) in [5.74, 6) is -1.27. The summed E-state index contributed by atoms with van der Waals surface area (Å²) in [6.07, 6.45) is 2.04. The van der Waals surface area contributed by atoms with Gasteiger partial charge < -0.3 is 5.32 Å². The summed E-state index contributed by atoms with van der Waals surface area (Å²) in [6.45, 7) is 3.75. The fraction of sp³-hybridized carbons (Fsp3) is 0.462. The van der Waals surface area contributed by atoms with Gasteiger partial charge in [0.15, 0.2) is 0 Å². The van der Waals surface area contributed by atoms with Gasteiger partial charge in [-0.2, -0.15) is 0 Å². The lowest BCUT2D eigenvalue weighted by atomic mass is 9.98. The van der Waals surface area contributed by atoms with Crippen molar-refractivity contribution < 1.29 is 17.6 Å². The number of nitrogens with one attached hydrogen (secondary N) is 1. The topological polar surface area (TPSA) is 63.2 Å². The number of halogens is 3. The van der Waals surface area contributed by atoms with Crippen LogP contribution in [0, 0.1) is 11.7 Å². The van der Waals surface area contributed by atoms with Gasteiger partial charge in [0.1, 0.15) is 10.7 Å². The molecule has 1 aliphatic rings. The highest BCUT2D eigenvalue weighted by molar-refractivity contribution is 8.13. The van der Waals surface area contributed by atoms with Crippen molar-refractivity contribution >= 4 is 37.2 Å².